The lowest BCUT2D eigenvalue weighted by Gasteiger charge is -2.26. The standard InChI is InChI=1S/C25H24N6O7S/c1-31(2)24(33)15-5-4-6-16(12-15)36-25-29-22-20(28-21(32)18(37-22)9-10-39(3,34)35)23(30-25)38-19-11-14(13-26)7-8-17(19)27/h4-8,11-12,18H,9-10,27H2,1-3H3,(H,28,32). The van der Waals surface area contributed by atoms with Crippen molar-refractivity contribution in [1.29, 1.82) is 5.26 Å². The number of anilines is 2. The number of aromatic nitrogens is 2. The summed E-state index contributed by atoms with van der Waals surface area (Å²) in [4.78, 5) is 34.9. The summed E-state index contributed by atoms with van der Waals surface area (Å²) in [5, 5.41) is 11.8. The molecular weight excluding hydrogens is 528 g/mol. The van der Waals surface area contributed by atoms with E-state index in [1.165, 1.54) is 29.2 Å². The normalized spacial score (nSPS) is 14.3. The molecule has 14 heteroatoms. The highest BCUT2D eigenvalue weighted by atomic mass is 32.2. The van der Waals surface area contributed by atoms with Crippen LogP contribution in [-0.4, -0.2) is 67.3 Å². The van der Waals surface area contributed by atoms with Crippen LogP contribution in [-0.2, 0) is 14.6 Å². The number of benzene rings is 2. The molecule has 0 bridgehead atoms. The monoisotopic (exact) mass is 552 g/mol. The maximum atomic E-state index is 12.7. The Morgan fingerprint density at radius 2 is 1.97 bits per heavy atom. The van der Waals surface area contributed by atoms with Gasteiger partial charge >= 0.3 is 6.01 Å². The van der Waals surface area contributed by atoms with Gasteiger partial charge in [0.05, 0.1) is 23.1 Å². The number of amides is 2. The van der Waals surface area contributed by atoms with Gasteiger partial charge in [0, 0.05) is 38.4 Å². The molecular formula is C25H24N6O7S. The summed E-state index contributed by atoms with van der Waals surface area (Å²) in [6, 6.07) is 12.4. The zero-order valence-corrected chi connectivity index (χ0v) is 22.0. The van der Waals surface area contributed by atoms with Crippen LogP contribution in [0.15, 0.2) is 42.5 Å². The summed E-state index contributed by atoms with van der Waals surface area (Å²) in [5.41, 5.74) is 6.78. The van der Waals surface area contributed by atoms with Crippen molar-refractivity contribution in [1.82, 2.24) is 14.9 Å². The molecule has 0 fully saturated rings. The molecule has 2 heterocycles. The fraction of sp³-hybridized carbons (Fsp3) is 0.240. The van der Waals surface area contributed by atoms with E-state index < -0.39 is 21.8 Å². The molecule has 202 valence electrons. The topological polar surface area (TPSA) is 187 Å². The second-order valence-corrected chi connectivity index (χ2v) is 11.1. The second kappa shape index (κ2) is 10.8. The van der Waals surface area contributed by atoms with E-state index >= 15 is 0 Å². The minimum Gasteiger partial charge on any atom is -0.462 e. The van der Waals surface area contributed by atoms with Crippen molar-refractivity contribution in [3.8, 4) is 35.3 Å². The number of carbonyl (C=O) groups excluding carboxylic acids is 2. The van der Waals surface area contributed by atoms with Crippen LogP contribution in [0, 0.1) is 11.3 Å². The van der Waals surface area contributed by atoms with Crippen LogP contribution < -0.4 is 25.3 Å². The lowest BCUT2D eigenvalue weighted by Crippen LogP contribution is -2.38. The zero-order chi connectivity index (χ0) is 28.3. The number of hydrogen-bond acceptors (Lipinski definition) is 11. The van der Waals surface area contributed by atoms with Crippen LogP contribution in [0.25, 0.3) is 0 Å². The highest BCUT2D eigenvalue weighted by Gasteiger charge is 2.33. The van der Waals surface area contributed by atoms with Crippen molar-refractivity contribution in [2.24, 2.45) is 0 Å². The van der Waals surface area contributed by atoms with Crippen LogP contribution in [0.3, 0.4) is 0 Å². The highest BCUT2D eigenvalue weighted by molar-refractivity contribution is 7.90. The fourth-order valence-electron chi connectivity index (χ4n) is 3.47. The number of hydrogen-bond donors (Lipinski definition) is 2. The van der Waals surface area contributed by atoms with Crippen molar-refractivity contribution in [3.05, 3.63) is 53.6 Å². The van der Waals surface area contributed by atoms with Gasteiger partial charge in [-0.15, -0.1) is 0 Å². The van der Waals surface area contributed by atoms with Crippen molar-refractivity contribution in [2.75, 3.05) is 37.2 Å². The third-order valence-electron chi connectivity index (χ3n) is 5.41. The van der Waals surface area contributed by atoms with E-state index in [2.05, 4.69) is 15.3 Å². The molecule has 2 amide bonds. The first-order valence-electron chi connectivity index (χ1n) is 11.5. The number of sulfone groups is 1. The molecule has 0 spiro atoms. The van der Waals surface area contributed by atoms with Gasteiger partial charge in [-0.1, -0.05) is 6.07 Å². The van der Waals surface area contributed by atoms with Gasteiger partial charge in [0.25, 0.3) is 17.7 Å². The van der Waals surface area contributed by atoms with Crippen LogP contribution in [0.4, 0.5) is 11.4 Å². The third kappa shape index (κ3) is 6.51. The van der Waals surface area contributed by atoms with Crippen LogP contribution in [0.1, 0.15) is 22.3 Å². The Kier molecular flexibility index (Phi) is 7.54. The predicted octanol–water partition coefficient (Wildman–Crippen LogP) is 2.35. The van der Waals surface area contributed by atoms with E-state index in [4.69, 9.17) is 19.9 Å². The average Bonchev–Trinajstić information content (AvgIpc) is 2.88. The molecule has 1 atom stereocenters. The number of fused-ring (bicyclic) bond motifs is 1. The Morgan fingerprint density at radius 3 is 2.67 bits per heavy atom. The van der Waals surface area contributed by atoms with Crippen molar-refractivity contribution < 1.29 is 32.2 Å². The molecule has 0 radical (unpaired) electrons. The van der Waals surface area contributed by atoms with Gasteiger partial charge in [0.15, 0.2) is 17.5 Å². The molecule has 1 aliphatic rings. The fourth-order valence-corrected chi connectivity index (χ4v) is 4.11. The number of carbonyl (C=O) groups is 2. The average molecular weight is 553 g/mol. The van der Waals surface area contributed by atoms with Gasteiger partial charge in [0.1, 0.15) is 15.6 Å². The number of nitrogens with one attached hydrogen (secondary N) is 1. The Morgan fingerprint density at radius 1 is 1.21 bits per heavy atom. The molecule has 13 nitrogen and oxygen atoms in total. The van der Waals surface area contributed by atoms with Gasteiger partial charge in [-0.25, -0.2) is 8.42 Å². The van der Waals surface area contributed by atoms with E-state index in [0.717, 1.165) is 6.26 Å². The molecule has 4 rings (SSSR count). The Bertz CT molecular complexity index is 1600. The van der Waals surface area contributed by atoms with E-state index in [9.17, 15) is 23.3 Å². The van der Waals surface area contributed by atoms with Gasteiger partial charge in [0.2, 0.25) is 5.88 Å². The number of rotatable bonds is 8. The van der Waals surface area contributed by atoms with Crippen molar-refractivity contribution in [2.45, 2.75) is 12.5 Å². The van der Waals surface area contributed by atoms with E-state index in [1.807, 2.05) is 6.07 Å². The highest BCUT2D eigenvalue weighted by Crippen LogP contribution is 2.41. The van der Waals surface area contributed by atoms with Gasteiger partial charge in [-0.3, -0.25) is 9.59 Å². The van der Waals surface area contributed by atoms with Crippen LogP contribution in [0.5, 0.6) is 29.3 Å². The smallest absolute Gasteiger partial charge is 0.328 e. The first-order chi connectivity index (χ1) is 18.4. The van der Waals surface area contributed by atoms with Crippen molar-refractivity contribution >= 4 is 33.0 Å². The summed E-state index contributed by atoms with van der Waals surface area (Å²) in [7, 11) is -0.132. The lowest BCUT2D eigenvalue weighted by atomic mass is 10.2. The van der Waals surface area contributed by atoms with Gasteiger partial charge in [-0.2, -0.15) is 15.2 Å². The number of nitrogen functional groups attached to an aromatic ring is 1. The zero-order valence-electron chi connectivity index (χ0n) is 21.2. The van der Waals surface area contributed by atoms with Crippen molar-refractivity contribution in [3.63, 3.8) is 0 Å². The predicted molar refractivity (Wildman–Crippen MR) is 140 cm³/mol. The molecule has 2 aromatic carbocycles. The van der Waals surface area contributed by atoms with E-state index in [1.54, 1.807) is 32.3 Å². The second-order valence-electron chi connectivity index (χ2n) is 8.80. The molecule has 0 saturated carbocycles. The number of nitriles is 1. The molecule has 3 N–H and O–H groups in total. The van der Waals surface area contributed by atoms with Gasteiger partial charge < -0.3 is 30.2 Å². The number of nitrogens with zero attached hydrogens (tertiary/aromatic N) is 4. The minimum atomic E-state index is -3.36. The summed E-state index contributed by atoms with van der Waals surface area (Å²) >= 11 is 0. The lowest BCUT2D eigenvalue weighted by molar-refractivity contribution is -0.123. The summed E-state index contributed by atoms with van der Waals surface area (Å²) in [6.45, 7) is 0. The molecule has 39 heavy (non-hydrogen) atoms. The molecule has 3 aromatic rings. The molecule has 0 aliphatic carbocycles. The summed E-state index contributed by atoms with van der Waals surface area (Å²) in [5.74, 6) is -1.19. The SMILES string of the molecule is CN(C)C(=O)c1cccc(Oc2nc(Oc3cc(C#N)ccc3N)c3c(n2)OC(CCS(C)(=O)=O)C(=O)N3)c1. The first kappa shape index (κ1) is 27.1. The number of nitrogens with two attached hydrogens (primary N) is 1. The number of ether oxygens (including phenoxy) is 3. The van der Waals surface area contributed by atoms with E-state index in [0.29, 0.717) is 5.56 Å². The maximum absolute atomic E-state index is 12.7. The van der Waals surface area contributed by atoms with Crippen LogP contribution >= 0.6 is 0 Å². The van der Waals surface area contributed by atoms with E-state index in [-0.39, 0.29) is 64.3 Å². The Balaban J connectivity index is 1.73. The first-order valence-corrected chi connectivity index (χ1v) is 13.5. The Labute approximate surface area is 224 Å². The third-order valence-corrected chi connectivity index (χ3v) is 6.39. The summed E-state index contributed by atoms with van der Waals surface area (Å²) in [6.07, 6.45) is -0.223. The maximum Gasteiger partial charge on any atom is 0.328 e. The molecule has 1 aliphatic heterocycles. The molecule has 1 aromatic heterocycles. The summed E-state index contributed by atoms with van der Waals surface area (Å²) < 4.78 is 40.6. The minimum absolute atomic E-state index is 0.0405. The van der Waals surface area contributed by atoms with Gasteiger partial charge in [-0.05, 0) is 30.3 Å². The Hall–Kier alpha value is -4.90. The van der Waals surface area contributed by atoms with Crippen LogP contribution in [0.2, 0.25) is 0 Å². The quantitative estimate of drug-likeness (QED) is 0.391. The largest absolute Gasteiger partial charge is 0.462 e. The molecule has 0 saturated heterocycles. The molecule has 1 unspecified atom stereocenters.